The number of ether oxygens (including phenoxy) is 5. The van der Waals surface area contributed by atoms with E-state index in [1.807, 2.05) is 97.1 Å². The summed E-state index contributed by atoms with van der Waals surface area (Å²) in [7, 11) is -4.49. The summed E-state index contributed by atoms with van der Waals surface area (Å²) < 4.78 is 62.6. The smallest absolute Gasteiger partial charge is 0.220 e. The summed E-state index contributed by atoms with van der Waals surface area (Å²) in [4.78, 5) is 13.8. The van der Waals surface area contributed by atoms with Crippen molar-refractivity contribution < 1.29 is 36.9 Å². The molecule has 51 heavy (non-hydrogen) atoms. The van der Waals surface area contributed by atoms with E-state index in [9.17, 15) is 4.79 Å². The second-order valence-electron chi connectivity index (χ2n) is 12.4. The number of benzene rings is 5. The Morgan fingerprint density at radius 1 is 0.588 bits per heavy atom. The molecule has 5 aromatic rings. The first-order valence-electron chi connectivity index (χ1n) is 16.9. The van der Waals surface area contributed by atoms with Crippen LogP contribution in [0.3, 0.4) is 0 Å². The maximum Gasteiger partial charge on any atom is 0.220 e. The first kappa shape index (κ1) is 34.5. The molecule has 0 spiro atoms. The number of ketones is 1. The van der Waals surface area contributed by atoms with Crippen molar-refractivity contribution in [1.29, 1.82) is 0 Å². The Kier molecular flexibility index (Phi) is 10.8. The molecule has 0 amide bonds. The summed E-state index contributed by atoms with van der Waals surface area (Å²) in [6.45, 7) is 0.616. The molecule has 1 fully saturated rings. The van der Waals surface area contributed by atoms with Gasteiger partial charge in [0.25, 0.3) is 0 Å². The number of carbonyl (C=O) groups is 1. The second kappa shape index (κ2) is 16.0. The van der Waals surface area contributed by atoms with Gasteiger partial charge in [-0.3, -0.25) is 4.79 Å². The SMILES string of the molecule is O=C(C1=C(c2ccccc2)O[C@H]2O[C@H](COCc3ccccc3)[C@@H](OCc3ccccc3)[C@H](OCc3ccccc3)[C@H]2S1(=O)=O)c1ccccc1. The van der Waals surface area contributed by atoms with Crippen LogP contribution in [0.2, 0.25) is 0 Å². The van der Waals surface area contributed by atoms with Crippen LogP contribution in [0, 0.1) is 0 Å². The normalized spacial score (nSPS) is 22.5. The van der Waals surface area contributed by atoms with E-state index in [4.69, 9.17) is 23.7 Å². The molecule has 0 saturated carbocycles. The lowest BCUT2D eigenvalue weighted by Gasteiger charge is -2.47. The van der Waals surface area contributed by atoms with E-state index in [0.717, 1.165) is 16.7 Å². The van der Waals surface area contributed by atoms with Crippen molar-refractivity contribution in [3.63, 3.8) is 0 Å². The van der Waals surface area contributed by atoms with Gasteiger partial charge in [0.2, 0.25) is 12.1 Å². The molecule has 0 radical (unpaired) electrons. The third kappa shape index (κ3) is 7.88. The molecule has 7 rings (SSSR count). The van der Waals surface area contributed by atoms with Crippen LogP contribution in [0.4, 0.5) is 0 Å². The number of allylic oxidation sites excluding steroid dienone is 1. The Morgan fingerprint density at radius 3 is 1.61 bits per heavy atom. The summed E-state index contributed by atoms with van der Waals surface area (Å²) in [6.07, 6.45) is -4.16. The Hall–Kier alpha value is -4.90. The maximum atomic E-state index is 15.1. The van der Waals surface area contributed by atoms with E-state index in [1.165, 1.54) is 0 Å². The van der Waals surface area contributed by atoms with Crippen LogP contribution in [0.15, 0.2) is 157 Å². The monoisotopic (exact) mass is 702 g/mol. The van der Waals surface area contributed by atoms with Crippen LogP contribution < -0.4 is 0 Å². The van der Waals surface area contributed by atoms with Crippen LogP contribution in [-0.4, -0.2) is 50.7 Å². The molecule has 8 nitrogen and oxygen atoms in total. The van der Waals surface area contributed by atoms with Crippen molar-refractivity contribution in [3.05, 3.63) is 184 Å². The van der Waals surface area contributed by atoms with E-state index in [1.54, 1.807) is 54.6 Å². The van der Waals surface area contributed by atoms with Crippen LogP contribution >= 0.6 is 0 Å². The van der Waals surface area contributed by atoms with Crippen LogP contribution in [0.25, 0.3) is 5.76 Å². The third-order valence-electron chi connectivity index (χ3n) is 8.92. The van der Waals surface area contributed by atoms with Gasteiger partial charge in [-0.1, -0.05) is 152 Å². The molecular formula is C42H38O8S. The fourth-order valence-electron chi connectivity index (χ4n) is 6.40. The topological polar surface area (TPSA) is 97.4 Å². The predicted molar refractivity (Wildman–Crippen MR) is 193 cm³/mol. The van der Waals surface area contributed by atoms with Crippen molar-refractivity contribution in [3.8, 4) is 0 Å². The fourth-order valence-corrected chi connectivity index (χ4v) is 8.47. The first-order valence-corrected chi connectivity index (χ1v) is 18.4. The highest BCUT2D eigenvalue weighted by atomic mass is 32.2. The van der Waals surface area contributed by atoms with Gasteiger partial charge < -0.3 is 23.7 Å². The maximum absolute atomic E-state index is 15.1. The summed E-state index contributed by atoms with van der Waals surface area (Å²) in [5.41, 5.74) is 3.35. The molecule has 0 aliphatic carbocycles. The fraction of sp³-hybridized carbons (Fsp3) is 0.214. The Balaban J connectivity index is 1.31. The lowest BCUT2D eigenvalue weighted by atomic mass is 9.99. The minimum Gasteiger partial charge on any atom is -0.461 e. The van der Waals surface area contributed by atoms with E-state index in [0.29, 0.717) is 12.2 Å². The molecule has 5 aromatic carbocycles. The minimum absolute atomic E-state index is 0.0619. The summed E-state index contributed by atoms with van der Waals surface area (Å²) >= 11 is 0. The van der Waals surface area contributed by atoms with E-state index in [2.05, 4.69) is 0 Å². The lowest BCUT2D eigenvalue weighted by molar-refractivity contribution is -0.261. The second-order valence-corrected chi connectivity index (χ2v) is 14.5. The quantitative estimate of drug-likeness (QED) is 0.119. The van der Waals surface area contributed by atoms with Gasteiger partial charge in [0.05, 0.1) is 26.4 Å². The minimum atomic E-state index is -4.49. The van der Waals surface area contributed by atoms with Crippen molar-refractivity contribution in [2.24, 2.45) is 0 Å². The molecule has 2 aliphatic rings. The van der Waals surface area contributed by atoms with Gasteiger partial charge in [-0.05, 0) is 16.7 Å². The Morgan fingerprint density at radius 2 is 1.06 bits per heavy atom. The van der Waals surface area contributed by atoms with Gasteiger partial charge in [0.1, 0.15) is 18.3 Å². The highest BCUT2D eigenvalue weighted by Gasteiger charge is 2.59. The van der Waals surface area contributed by atoms with Crippen molar-refractivity contribution in [2.75, 3.05) is 6.61 Å². The average Bonchev–Trinajstić information content (AvgIpc) is 3.17. The molecule has 0 N–H and O–H groups in total. The molecule has 1 saturated heterocycles. The predicted octanol–water partition coefficient (Wildman–Crippen LogP) is 7.16. The molecule has 2 heterocycles. The van der Waals surface area contributed by atoms with E-state index < -0.39 is 50.4 Å². The summed E-state index contributed by atoms with van der Waals surface area (Å²) in [5, 5.41) is -1.44. The zero-order valence-corrected chi connectivity index (χ0v) is 28.6. The summed E-state index contributed by atoms with van der Waals surface area (Å²) in [5.74, 6) is -0.745. The van der Waals surface area contributed by atoms with Gasteiger partial charge >= 0.3 is 0 Å². The van der Waals surface area contributed by atoms with Gasteiger partial charge in [-0.25, -0.2) is 8.42 Å². The molecular weight excluding hydrogens is 665 g/mol. The van der Waals surface area contributed by atoms with Crippen LogP contribution in [0.1, 0.15) is 32.6 Å². The highest BCUT2D eigenvalue weighted by molar-refractivity contribution is 7.97. The van der Waals surface area contributed by atoms with Crippen molar-refractivity contribution >= 4 is 21.4 Å². The number of hydrogen-bond acceptors (Lipinski definition) is 8. The van der Waals surface area contributed by atoms with Crippen LogP contribution in [-0.2, 0) is 53.3 Å². The van der Waals surface area contributed by atoms with Crippen LogP contribution in [0.5, 0.6) is 0 Å². The zero-order chi connectivity index (χ0) is 35.0. The van der Waals surface area contributed by atoms with Gasteiger partial charge in [-0.2, -0.15) is 0 Å². The van der Waals surface area contributed by atoms with E-state index in [-0.39, 0.29) is 31.1 Å². The number of rotatable bonds is 13. The molecule has 0 aromatic heterocycles. The van der Waals surface area contributed by atoms with Gasteiger partial charge in [-0.15, -0.1) is 0 Å². The standard InChI is InChI=1S/C42H38O8S/c43-36(33-22-12-4-13-23-33)40-37(34-24-14-5-15-25-34)50-42-41(51(40,44)45)39(48-28-32-20-10-3-11-21-32)38(47-27-31-18-8-2-9-19-31)35(49-42)29-46-26-30-16-6-1-7-17-30/h1-25,35,38-39,41-42H,26-29H2/t35-,38-,39+,41-,42-/m1/s1. The molecule has 9 heteroatoms. The third-order valence-corrected chi connectivity index (χ3v) is 11.1. The largest absolute Gasteiger partial charge is 0.461 e. The molecule has 0 unspecified atom stereocenters. The van der Waals surface area contributed by atoms with Gasteiger partial charge in [0.15, 0.2) is 25.8 Å². The molecule has 5 atom stereocenters. The number of Topliss-reactive ketones (excluding diaryl/α,β-unsaturated/α-hetero) is 1. The van der Waals surface area contributed by atoms with Gasteiger partial charge in [0, 0.05) is 11.1 Å². The first-order chi connectivity index (χ1) is 25.0. The summed E-state index contributed by atoms with van der Waals surface area (Å²) in [6, 6.07) is 45.9. The van der Waals surface area contributed by atoms with Crippen molar-refractivity contribution in [1.82, 2.24) is 0 Å². The van der Waals surface area contributed by atoms with E-state index >= 15 is 8.42 Å². The molecule has 260 valence electrons. The average molecular weight is 703 g/mol. The highest BCUT2D eigenvalue weighted by Crippen LogP contribution is 2.43. The molecule has 0 bridgehead atoms. The number of sulfone groups is 1. The lowest BCUT2D eigenvalue weighted by Crippen LogP contribution is -2.64. The van der Waals surface area contributed by atoms with Crippen molar-refractivity contribution in [2.45, 2.75) is 49.7 Å². The number of hydrogen-bond donors (Lipinski definition) is 0. The molecule has 2 aliphatic heterocycles. The number of fused-ring (bicyclic) bond motifs is 1. The Labute approximate surface area is 298 Å². The zero-order valence-electron chi connectivity index (χ0n) is 27.8. The number of carbonyl (C=O) groups excluding carboxylic acids is 1. The Bertz CT molecular complexity index is 2020.